The zero-order valence-corrected chi connectivity index (χ0v) is 12.9. The predicted molar refractivity (Wildman–Crippen MR) is 81.1 cm³/mol. The summed E-state index contributed by atoms with van der Waals surface area (Å²) in [4.78, 5) is 8.93. The third kappa shape index (κ3) is 3.72. The van der Waals surface area contributed by atoms with Crippen LogP contribution in [0.3, 0.4) is 0 Å². The first-order valence-corrected chi connectivity index (χ1v) is 7.10. The number of aryl methyl sites for hydroxylation is 1. The van der Waals surface area contributed by atoms with Crippen molar-refractivity contribution in [3.05, 3.63) is 29.6 Å². The summed E-state index contributed by atoms with van der Waals surface area (Å²) in [7, 11) is 1.56. The van der Waals surface area contributed by atoms with Gasteiger partial charge in [-0.25, -0.2) is 9.97 Å². The number of methoxy groups -OCH3 is 1. The molecule has 0 saturated heterocycles. The SMILES string of the molecule is CCCNC(C)c1cnc(-c2ccc(OC)nn2)nc1C. The third-order valence-corrected chi connectivity index (χ3v) is 3.26. The van der Waals surface area contributed by atoms with Gasteiger partial charge in [-0.15, -0.1) is 10.2 Å². The van der Waals surface area contributed by atoms with Crippen LogP contribution in [-0.4, -0.2) is 33.8 Å². The van der Waals surface area contributed by atoms with E-state index in [4.69, 9.17) is 4.74 Å². The summed E-state index contributed by atoms with van der Waals surface area (Å²) < 4.78 is 4.99. The molecule has 112 valence electrons. The Balaban J connectivity index is 2.21. The summed E-state index contributed by atoms with van der Waals surface area (Å²) >= 11 is 0. The molecule has 1 N–H and O–H groups in total. The number of aromatic nitrogens is 4. The molecular weight excluding hydrogens is 266 g/mol. The summed E-state index contributed by atoms with van der Waals surface area (Å²) in [5.41, 5.74) is 2.70. The molecule has 0 fully saturated rings. The number of hydrogen-bond acceptors (Lipinski definition) is 6. The van der Waals surface area contributed by atoms with Gasteiger partial charge in [-0.2, -0.15) is 0 Å². The summed E-state index contributed by atoms with van der Waals surface area (Å²) in [6.07, 6.45) is 2.96. The van der Waals surface area contributed by atoms with Crippen molar-refractivity contribution in [2.75, 3.05) is 13.7 Å². The van der Waals surface area contributed by atoms with Crippen molar-refractivity contribution in [2.45, 2.75) is 33.2 Å². The van der Waals surface area contributed by atoms with Gasteiger partial charge >= 0.3 is 0 Å². The van der Waals surface area contributed by atoms with Crippen molar-refractivity contribution in [3.63, 3.8) is 0 Å². The maximum Gasteiger partial charge on any atom is 0.233 e. The minimum absolute atomic E-state index is 0.237. The molecule has 0 bridgehead atoms. The van der Waals surface area contributed by atoms with E-state index in [0.29, 0.717) is 17.4 Å². The van der Waals surface area contributed by atoms with Crippen LogP contribution in [0.4, 0.5) is 0 Å². The average Bonchev–Trinajstić information content (AvgIpc) is 2.52. The van der Waals surface area contributed by atoms with E-state index in [1.165, 1.54) is 0 Å². The zero-order chi connectivity index (χ0) is 15.2. The van der Waals surface area contributed by atoms with Crippen molar-refractivity contribution in [1.29, 1.82) is 0 Å². The molecular formula is C15H21N5O. The van der Waals surface area contributed by atoms with Crippen LogP contribution in [0.2, 0.25) is 0 Å². The van der Waals surface area contributed by atoms with Crippen molar-refractivity contribution >= 4 is 0 Å². The van der Waals surface area contributed by atoms with Crippen molar-refractivity contribution in [3.8, 4) is 17.4 Å². The van der Waals surface area contributed by atoms with E-state index in [1.54, 1.807) is 19.2 Å². The zero-order valence-electron chi connectivity index (χ0n) is 12.9. The van der Waals surface area contributed by atoms with Gasteiger partial charge in [0.25, 0.3) is 0 Å². The van der Waals surface area contributed by atoms with Crippen LogP contribution in [0.25, 0.3) is 11.5 Å². The molecule has 2 heterocycles. The van der Waals surface area contributed by atoms with E-state index in [9.17, 15) is 0 Å². The van der Waals surface area contributed by atoms with Crippen molar-refractivity contribution in [1.82, 2.24) is 25.5 Å². The van der Waals surface area contributed by atoms with Crippen LogP contribution in [0.5, 0.6) is 5.88 Å². The first kappa shape index (κ1) is 15.3. The molecule has 21 heavy (non-hydrogen) atoms. The fourth-order valence-corrected chi connectivity index (χ4v) is 2.04. The lowest BCUT2D eigenvalue weighted by atomic mass is 10.1. The van der Waals surface area contributed by atoms with Crippen molar-refractivity contribution in [2.24, 2.45) is 0 Å². The number of ether oxygens (including phenoxy) is 1. The molecule has 0 amide bonds. The van der Waals surface area contributed by atoms with E-state index in [0.717, 1.165) is 24.2 Å². The molecule has 0 radical (unpaired) electrons. The van der Waals surface area contributed by atoms with Crippen molar-refractivity contribution < 1.29 is 4.74 Å². The van der Waals surface area contributed by atoms with Crippen LogP contribution in [0.15, 0.2) is 18.3 Å². The molecule has 0 aliphatic heterocycles. The second-order valence-corrected chi connectivity index (χ2v) is 4.87. The van der Waals surface area contributed by atoms with Gasteiger partial charge in [0.2, 0.25) is 5.88 Å². The average molecular weight is 287 g/mol. The van der Waals surface area contributed by atoms with E-state index < -0.39 is 0 Å². The summed E-state index contributed by atoms with van der Waals surface area (Å²) in [5, 5.41) is 11.4. The Morgan fingerprint density at radius 2 is 2.10 bits per heavy atom. The highest BCUT2D eigenvalue weighted by Gasteiger charge is 2.12. The van der Waals surface area contributed by atoms with Gasteiger partial charge in [0, 0.05) is 29.6 Å². The van der Waals surface area contributed by atoms with Crippen LogP contribution in [0, 0.1) is 6.92 Å². The van der Waals surface area contributed by atoms with E-state index in [1.807, 2.05) is 13.1 Å². The smallest absolute Gasteiger partial charge is 0.233 e. The van der Waals surface area contributed by atoms with Crippen LogP contribution >= 0.6 is 0 Å². The van der Waals surface area contributed by atoms with Crippen LogP contribution < -0.4 is 10.1 Å². The molecule has 2 aromatic heterocycles. The van der Waals surface area contributed by atoms with Gasteiger partial charge in [0.05, 0.1) is 7.11 Å². The fraction of sp³-hybridized carbons (Fsp3) is 0.467. The Bertz CT molecular complexity index is 585. The molecule has 2 rings (SSSR count). The van der Waals surface area contributed by atoms with Gasteiger partial charge in [-0.1, -0.05) is 6.92 Å². The number of nitrogens with one attached hydrogen (secondary N) is 1. The van der Waals surface area contributed by atoms with Gasteiger partial charge < -0.3 is 10.1 Å². The van der Waals surface area contributed by atoms with Gasteiger partial charge in [0.1, 0.15) is 5.69 Å². The van der Waals surface area contributed by atoms with E-state index >= 15 is 0 Å². The molecule has 1 atom stereocenters. The standard InChI is InChI=1S/C15H21N5O/c1-5-8-16-10(2)12-9-17-15(18-11(12)3)13-6-7-14(21-4)20-19-13/h6-7,9-10,16H,5,8H2,1-4H3. The molecule has 6 heteroatoms. The first-order chi connectivity index (χ1) is 10.2. The van der Waals surface area contributed by atoms with E-state index in [2.05, 4.69) is 39.3 Å². The normalized spacial score (nSPS) is 12.2. The Morgan fingerprint density at radius 3 is 2.67 bits per heavy atom. The fourth-order valence-electron chi connectivity index (χ4n) is 2.04. The molecule has 6 nitrogen and oxygen atoms in total. The largest absolute Gasteiger partial charge is 0.480 e. The lowest BCUT2D eigenvalue weighted by molar-refractivity contribution is 0.392. The molecule has 0 aromatic carbocycles. The Kier molecular flexibility index (Phi) is 5.16. The minimum Gasteiger partial charge on any atom is -0.480 e. The highest BCUT2D eigenvalue weighted by Crippen LogP contribution is 2.19. The highest BCUT2D eigenvalue weighted by molar-refractivity contribution is 5.49. The Morgan fingerprint density at radius 1 is 1.29 bits per heavy atom. The first-order valence-electron chi connectivity index (χ1n) is 7.10. The van der Waals surface area contributed by atoms with Crippen LogP contribution in [0.1, 0.15) is 37.6 Å². The molecule has 1 unspecified atom stereocenters. The molecule has 2 aromatic rings. The summed E-state index contributed by atoms with van der Waals surface area (Å²) in [6.45, 7) is 7.23. The predicted octanol–water partition coefficient (Wildman–Crippen LogP) is 2.31. The third-order valence-electron chi connectivity index (χ3n) is 3.26. The second kappa shape index (κ2) is 7.08. The lowest BCUT2D eigenvalue weighted by Gasteiger charge is -2.15. The van der Waals surface area contributed by atoms with Gasteiger partial charge in [-0.3, -0.25) is 0 Å². The van der Waals surface area contributed by atoms with E-state index in [-0.39, 0.29) is 6.04 Å². The monoisotopic (exact) mass is 287 g/mol. The maximum atomic E-state index is 4.99. The van der Waals surface area contributed by atoms with Gasteiger partial charge in [0.15, 0.2) is 5.82 Å². The number of hydrogen-bond donors (Lipinski definition) is 1. The highest BCUT2D eigenvalue weighted by atomic mass is 16.5. The number of rotatable bonds is 6. The maximum absolute atomic E-state index is 4.99. The second-order valence-electron chi connectivity index (χ2n) is 4.87. The summed E-state index contributed by atoms with van der Waals surface area (Å²) in [6, 6.07) is 3.79. The van der Waals surface area contributed by atoms with Crippen LogP contribution in [-0.2, 0) is 0 Å². The Labute approximate surface area is 125 Å². The molecule has 0 aliphatic carbocycles. The minimum atomic E-state index is 0.237. The summed E-state index contributed by atoms with van der Waals surface area (Å²) in [5.74, 6) is 1.05. The molecule has 0 saturated carbocycles. The quantitative estimate of drug-likeness (QED) is 0.879. The topological polar surface area (TPSA) is 72.8 Å². The Hall–Kier alpha value is -2.08. The van der Waals surface area contributed by atoms with Gasteiger partial charge in [-0.05, 0) is 32.9 Å². The molecule has 0 aliphatic rings. The lowest BCUT2D eigenvalue weighted by Crippen LogP contribution is -2.20. The number of nitrogens with zero attached hydrogens (tertiary/aromatic N) is 4. The molecule has 0 spiro atoms.